The molecule has 12 N–H and O–H groups in total. The topological polar surface area (TPSA) is 253 Å². The lowest BCUT2D eigenvalue weighted by Gasteiger charge is -2.41. The van der Waals surface area contributed by atoms with E-state index >= 15 is 0 Å². The average Bonchev–Trinajstić information content (AvgIpc) is 3.62. The Labute approximate surface area is 207 Å². The van der Waals surface area contributed by atoms with E-state index in [9.17, 15) is 19.2 Å². The van der Waals surface area contributed by atoms with Crippen LogP contribution in [-0.2, 0) is 19.2 Å². The van der Waals surface area contributed by atoms with Crippen molar-refractivity contribution in [2.24, 2.45) is 40.2 Å². The van der Waals surface area contributed by atoms with Gasteiger partial charge in [-0.15, -0.1) is 0 Å². The molecule has 206 valence electrons. The van der Waals surface area contributed by atoms with Gasteiger partial charge in [-0.05, 0) is 55.8 Å². The number of carboxylic acids is 4. The zero-order valence-corrected chi connectivity index (χ0v) is 20.7. The molecule has 0 atom stereocenters. The fraction of sp³-hybridized carbons (Fsp3) is 0.826. The van der Waals surface area contributed by atoms with Crippen LogP contribution in [0.4, 0.5) is 0 Å². The highest BCUT2D eigenvalue weighted by molar-refractivity contribution is 5.69. The van der Waals surface area contributed by atoms with Crippen molar-refractivity contribution in [3.8, 4) is 0 Å². The molecule has 3 rings (SSSR count). The normalized spacial score (nSPS) is 18.3. The first-order chi connectivity index (χ1) is 16.5. The third-order valence-corrected chi connectivity index (χ3v) is 6.57. The molecule has 0 aliphatic heterocycles. The van der Waals surface area contributed by atoms with E-state index in [0.29, 0.717) is 0 Å². The minimum absolute atomic E-state index is 0.278. The maximum atomic E-state index is 9.24. The molecule has 3 aliphatic carbocycles. The van der Waals surface area contributed by atoms with Gasteiger partial charge in [0.2, 0.25) is 0 Å². The number of carboxylic acid groups (broad SMARTS) is 4. The average molecular weight is 507 g/mol. The van der Waals surface area contributed by atoms with E-state index in [-0.39, 0.29) is 26.2 Å². The van der Waals surface area contributed by atoms with Gasteiger partial charge in [0, 0.05) is 0 Å². The molecule has 0 aromatic carbocycles. The maximum Gasteiger partial charge on any atom is 0.317 e. The summed E-state index contributed by atoms with van der Waals surface area (Å²) in [4.78, 5) is 37.0. The van der Waals surface area contributed by atoms with Gasteiger partial charge in [0.15, 0.2) is 0 Å². The predicted molar refractivity (Wildman–Crippen MR) is 132 cm³/mol. The Bertz CT molecular complexity index is 526. The fourth-order valence-electron chi connectivity index (χ4n) is 5.18. The lowest BCUT2D eigenvalue weighted by Crippen LogP contribution is -2.33. The van der Waals surface area contributed by atoms with Gasteiger partial charge in [-0.1, -0.05) is 38.5 Å². The van der Waals surface area contributed by atoms with Crippen molar-refractivity contribution in [3.05, 3.63) is 0 Å². The Kier molecular flexibility index (Phi) is 21.0. The standard InChI is InChI=1S/C15H26.4C2H5NO2/c1-2-8-13(7-1)15(11-5-6-12-15)14-9-3-4-10-14;4*3-1-2(4)5/h13-14H,1-12H2;4*1,3H2,(H,4,5). The summed E-state index contributed by atoms with van der Waals surface area (Å²) in [6.07, 6.45) is 18.8. The van der Waals surface area contributed by atoms with Gasteiger partial charge in [-0.3, -0.25) is 19.2 Å². The van der Waals surface area contributed by atoms with E-state index in [1.807, 2.05) is 0 Å². The third kappa shape index (κ3) is 16.9. The van der Waals surface area contributed by atoms with Gasteiger partial charge in [0.25, 0.3) is 0 Å². The summed E-state index contributed by atoms with van der Waals surface area (Å²) in [6, 6.07) is 0. The second kappa shape index (κ2) is 21.0. The molecule has 0 unspecified atom stereocenters. The maximum absolute atomic E-state index is 9.24. The Morgan fingerprint density at radius 1 is 0.514 bits per heavy atom. The molecular weight excluding hydrogens is 460 g/mol. The number of hydrogen-bond donors (Lipinski definition) is 8. The second-order valence-electron chi connectivity index (χ2n) is 8.79. The van der Waals surface area contributed by atoms with Crippen LogP contribution in [0.25, 0.3) is 0 Å². The first-order valence-electron chi connectivity index (χ1n) is 12.2. The van der Waals surface area contributed by atoms with Crippen molar-refractivity contribution in [1.82, 2.24) is 0 Å². The highest BCUT2D eigenvalue weighted by atomic mass is 16.4. The van der Waals surface area contributed by atoms with Crippen molar-refractivity contribution in [3.63, 3.8) is 0 Å². The number of carbonyl (C=O) groups is 4. The van der Waals surface area contributed by atoms with Crippen LogP contribution in [0, 0.1) is 17.3 Å². The lowest BCUT2D eigenvalue weighted by atomic mass is 9.64. The molecule has 3 aliphatic rings. The Morgan fingerprint density at radius 2 is 0.714 bits per heavy atom. The second-order valence-corrected chi connectivity index (χ2v) is 8.79. The van der Waals surface area contributed by atoms with E-state index < -0.39 is 23.9 Å². The highest BCUT2D eigenvalue weighted by Crippen LogP contribution is 2.58. The van der Waals surface area contributed by atoms with Gasteiger partial charge in [0.1, 0.15) is 0 Å². The van der Waals surface area contributed by atoms with Crippen LogP contribution in [0.1, 0.15) is 77.0 Å². The largest absolute Gasteiger partial charge is 0.480 e. The monoisotopic (exact) mass is 506 g/mol. The van der Waals surface area contributed by atoms with Crippen molar-refractivity contribution in [1.29, 1.82) is 0 Å². The molecule has 0 bridgehead atoms. The smallest absolute Gasteiger partial charge is 0.317 e. The van der Waals surface area contributed by atoms with Crippen molar-refractivity contribution >= 4 is 23.9 Å². The Morgan fingerprint density at radius 3 is 0.886 bits per heavy atom. The van der Waals surface area contributed by atoms with Crippen molar-refractivity contribution in [2.75, 3.05) is 26.2 Å². The first-order valence-corrected chi connectivity index (χ1v) is 12.2. The minimum Gasteiger partial charge on any atom is -0.480 e. The molecule has 0 heterocycles. The van der Waals surface area contributed by atoms with E-state index in [0.717, 1.165) is 17.3 Å². The molecule has 0 saturated heterocycles. The zero-order valence-electron chi connectivity index (χ0n) is 20.7. The van der Waals surface area contributed by atoms with Crippen LogP contribution in [0.3, 0.4) is 0 Å². The van der Waals surface area contributed by atoms with Crippen LogP contribution < -0.4 is 22.9 Å². The zero-order chi connectivity index (χ0) is 27.3. The lowest BCUT2D eigenvalue weighted by molar-refractivity contribution is -0.136. The summed E-state index contributed by atoms with van der Waals surface area (Å²) < 4.78 is 0. The van der Waals surface area contributed by atoms with Crippen LogP contribution in [0.5, 0.6) is 0 Å². The minimum atomic E-state index is -0.968. The number of hydrogen-bond acceptors (Lipinski definition) is 8. The predicted octanol–water partition coefficient (Wildman–Crippen LogP) is 1.05. The Hall–Kier alpha value is -2.28. The molecule has 0 radical (unpaired) electrons. The number of nitrogens with two attached hydrogens (primary N) is 4. The molecule has 12 nitrogen and oxygen atoms in total. The molecule has 3 fully saturated rings. The first kappa shape index (κ1) is 34.9. The molecule has 3 saturated carbocycles. The van der Waals surface area contributed by atoms with Crippen LogP contribution in [0.2, 0.25) is 0 Å². The summed E-state index contributed by atoms with van der Waals surface area (Å²) in [5, 5.41) is 30.4. The molecule has 0 amide bonds. The van der Waals surface area contributed by atoms with E-state index in [2.05, 4.69) is 22.9 Å². The number of rotatable bonds is 6. The van der Waals surface area contributed by atoms with Gasteiger partial charge in [-0.25, -0.2) is 0 Å². The highest BCUT2D eigenvalue weighted by Gasteiger charge is 2.47. The summed E-state index contributed by atoms with van der Waals surface area (Å²) in [7, 11) is 0. The number of aliphatic carboxylic acids is 4. The molecule has 35 heavy (non-hydrogen) atoms. The summed E-state index contributed by atoms with van der Waals surface area (Å²) >= 11 is 0. The van der Waals surface area contributed by atoms with Crippen LogP contribution in [-0.4, -0.2) is 70.5 Å². The summed E-state index contributed by atoms with van der Waals surface area (Å²) in [6.45, 7) is -1.11. The molecular formula is C23H46N4O8. The quantitative estimate of drug-likeness (QED) is 0.251. The SMILES string of the molecule is C1CCC(C2(C3CCCC3)CCCC2)C1.NCC(=O)O.NCC(=O)O.NCC(=O)O.NCC(=O)O. The molecule has 0 aromatic heterocycles. The summed E-state index contributed by atoms with van der Waals surface area (Å²) in [5.41, 5.74) is 19.1. The van der Waals surface area contributed by atoms with E-state index in [1.165, 1.54) is 0 Å². The van der Waals surface area contributed by atoms with E-state index in [1.54, 1.807) is 77.0 Å². The summed E-state index contributed by atoms with van der Waals surface area (Å²) in [5.74, 6) is -1.59. The van der Waals surface area contributed by atoms with Crippen molar-refractivity contribution < 1.29 is 39.6 Å². The van der Waals surface area contributed by atoms with E-state index in [4.69, 9.17) is 20.4 Å². The molecule has 0 spiro atoms. The van der Waals surface area contributed by atoms with Gasteiger partial charge in [-0.2, -0.15) is 0 Å². The van der Waals surface area contributed by atoms with Gasteiger partial charge >= 0.3 is 23.9 Å². The fourth-order valence-corrected chi connectivity index (χ4v) is 5.18. The third-order valence-electron chi connectivity index (χ3n) is 6.57. The van der Waals surface area contributed by atoms with Crippen LogP contribution >= 0.6 is 0 Å². The van der Waals surface area contributed by atoms with Crippen molar-refractivity contribution in [2.45, 2.75) is 77.0 Å². The van der Waals surface area contributed by atoms with Gasteiger partial charge in [0.05, 0.1) is 26.2 Å². The molecule has 12 heteroatoms. The Balaban J connectivity index is 0. The van der Waals surface area contributed by atoms with Gasteiger partial charge < -0.3 is 43.4 Å². The van der Waals surface area contributed by atoms with Crippen LogP contribution in [0.15, 0.2) is 0 Å². The molecule has 0 aromatic rings.